The maximum Gasteiger partial charge on any atom is 0.309 e. The van der Waals surface area contributed by atoms with Crippen molar-refractivity contribution in [1.82, 2.24) is 0 Å². The summed E-state index contributed by atoms with van der Waals surface area (Å²) in [6.07, 6.45) is 1.01. The van der Waals surface area contributed by atoms with Gasteiger partial charge in [0.25, 0.3) is 0 Å². The number of ketones is 1. The highest BCUT2D eigenvalue weighted by atomic mass is 79.9. The van der Waals surface area contributed by atoms with Crippen molar-refractivity contribution in [3.05, 3.63) is 29.3 Å². The Morgan fingerprint density at radius 3 is 2.63 bits per heavy atom. The average Bonchev–Trinajstić information content (AvgIpc) is 2.40. The highest BCUT2D eigenvalue weighted by Crippen LogP contribution is 2.21. The molecule has 0 saturated carbocycles. The molecule has 0 atom stereocenters. The fourth-order valence-corrected chi connectivity index (χ4v) is 1.79. The monoisotopic (exact) mass is 328 g/mol. The van der Waals surface area contributed by atoms with Crippen LogP contribution in [0.15, 0.2) is 18.2 Å². The number of hydrogen-bond donors (Lipinski definition) is 0. The number of carbonyl (C=O) groups excluding carboxylic acids is 2. The highest BCUT2D eigenvalue weighted by molar-refractivity contribution is 9.09. The zero-order valence-electron chi connectivity index (χ0n) is 11.1. The van der Waals surface area contributed by atoms with Crippen LogP contribution in [-0.4, -0.2) is 30.8 Å². The largest absolute Gasteiger partial charge is 0.493 e. The average molecular weight is 329 g/mol. The summed E-state index contributed by atoms with van der Waals surface area (Å²) in [5.41, 5.74) is 1.24. The summed E-state index contributed by atoms with van der Waals surface area (Å²) in [6.45, 7) is 2.02. The second-order valence-corrected chi connectivity index (χ2v) is 4.82. The van der Waals surface area contributed by atoms with Gasteiger partial charge in [-0.3, -0.25) is 9.59 Å². The first-order chi connectivity index (χ1) is 9.08. The summed E-state index contributed by atoms with van der Waals surface area (Å²) in [4.78, 5) is 22.8. The van der Waals surface area contributed by atoms with Gasteiger partial charge in [0.15, 0.2) is 5.78 Å². The van der Waals surface area contributed by atoms with E-state index in [2.05, 4.69) is 20.7 Å². The first-order valence-corrected chi connectivity index (χ1v) is 7.10. The number of carbonyl (C=O) groups is 2. The van der Waals surface area contributed by atoms with E-state index in [1.807, 2.05) is 0 Å². The van der Waals surface area contributed by atoms with Crippen molar-refractivity contribution in [1.29, 1.82) is 0 Å². The summed E-state index contributed by atoms with van der Waals surface area (Å²) in [6, 6.07) is 5.18. The van der Waals surface area contributed by atoms with E-state index >= 15 is 0 Å². The van der Waals surface area contributed by atoms with Gasteiger partial charge in [-0.25, -0.2) is 0 Å². The van der Waals surface area contributed by atoms with Gasteiger partial charge in [0.05, 0.1) is 25.7 Å². The van der Waals surface area contributed by atoms with Gasteiger partial charge in [0.1, 0.15) is 5.75 Å². The lowest BCUT2D eigenvalue weighted by Gasteiger charge is -2.11. The topological polar surface area (TPSA) is 52.6 Å². The van der Waals surface area contributed by atoms with Crippen LogP contribution in [0.5, 0.6) is 5.75 Å². The van der Waals surface area contributed by atoms with Gasteiger partial charge in [-0.05, 0) is 31.0 Å². The molecule has 0 unspecified atom stereocenters. The van der Waals surface area contributed by atoms with Crippen molar-refractivity contribution in [2.24, 2.45) is 0 Å². The van der Waals surface area contributed by atoms with E-state index in [1.165, 1.54) is 14.0 Å². The summed E-state index contributed by atoms with van der Waals surface area (Å²) < 4.78 is 10.2. The molecule has 0 aliphatic rings. The lowest BCUT2D eigenvalue weighted by atomic mass is 10.0. The minimum absolute atomic E-state index is 0.0828. The molecule has 0 fully saturated rings. The number of halogens is 1. The number of hydrogen-bond acceptors (Lipinski definition) is 4. The van der Waals surface area contributed by atoms with Gasteiger partial charge in [-0.1, -0.05) is 22.0 Å². The second-order valence-electron chi connectivity index (χ2n) is 4.03. The van der Waals surface area contributed by atoms with Crippen molar-refractivity contribution in [2.75, 3.05) is 19.0 Å². The molecule has 104 valence electrons. The van der Waals surface area contributed by atoms with E-state index in [0.717, 1.165) is 17.3 Å². The minimum atomic E-state index is -0.331. The molecule has 0 aromatic heterocycles. The normalized spacial score (nSPS) is 10.1. The zero-order valence-corrected chi connectivity index (χ0v) is 12.7. The maximum absolute atomic E-state index is 11.6. The second kappa shape index (κ2) is 7.94. The predicted octanol–water partition coefficient (Wildman–Crippen LogP) is 2.77. The van der Waals surface area contributed by atoms with Gasteiger partial charge in [-0.15, -0.1) is 0 Å². The van der Waals surface area contributed by atoms with Crippen molar-refractivity contribution in [3.8, 4) is 5.75 Å². The Labute approximate surface area is 121 Å². The summed E-state index contributed by atoms with van der Waals surface area (Å²) in [5.74, 6) is 0.144. The van der Waals surface area contributed by atoms with E-state index in [-0.39, 0.29) is 18.2 Å². The lowest BCUT2D eigenvalue weighted by molar-refractivity contribution is -0.139. The Kier molecular flexibility index (Phi) is 6.56. The molecule has 0 radical (unpaired) electrons. The van der Waals surface area contributed by atoms with Gasteiger partial charge >= 0.3 is 5.97 Å². The highest BCUT2D eigenvalue weighted by Gasteiger charge is 2.11. The molecule has 19 heavy (non-hydrogen) atoms. The van der Waals surface area contributed by atoms with Crippen LogP contribution >= 0.6 is 15.9 Å². The third-order valence-corrected chi connectivity index (χ3v) is 3.10. The van der Waals surface area contributed by atoms with Crippen LogP contribution in [0.1, 0.15) is 29.3 Å². The number of ether oxygens (including phenoxy) is 2. The van der Waals surface area contributed by atoms with Crippen molar-refractivity contribution in [3.63, 3.8) is 0 Å². The van der Waals surface area contributed by atoms with Crippen molar-refractivity contribution in [2.45, 2.75) is 19.8 Å². The van der Waals surface area contributed by atoms with E-state index < -0.39 is 0 Å². The summed E-state index contributed by atoms with van der Waals surface area (Å²) in [7, 11) is 1.34. The van der Waals surface area contributed by atoms with Gasteiger partial charge in [-0.2, -0.15) is 0 Å². The molecular formula is C14H17BrO4. The van der Waals surface area contributed by atoms with E-state index in [1.54, 1.807) is 18.2 Å². The van der Waals surface area contributed by atoms with Crippen LogP contribution in [0.3, 0.4) is 0 Å². The first kappa shape index (κ1) is 15.7. The van der Waals surface area contributed by atoms with Crippen LogP contribution < -0.4 is 4.74 Å². The Morgan fingerprint density at radius 2 is 2.05 bits per heavy atom. The molecule has 0 saturated heterocycles. The number of Topliss-reactive ketones (excluding diaryl/α,β-unsaturated/α-hetero) is 1. The van der Waals surface area contributed by atoms with E-state index in [9.17, 15) is 9.59 Å². The SMILES string of the molecule is COC(=O)Cc1ccc(OCCCBr)c(C(C)=O)c1. The summed E-state index contributed by atoms with van der Waals surface area (Å²) in [5, 5.41) is 0.850. The van der Waals surface area contributed by atoms with Crippen LogP contribution in [-0.2, 0) is 16.0 Å². The van der Waals surface area contributed by atoms with Crippen molar-refractivity contribution < 1.29 is 19.1 Å². The van der Waals surface area contributed by atoms with Gasteiger partial charge < -0.3 is 9.47 Å². The fraction of sp³-hybridized carbons (Fsp3) is 0.429. The maximum atomic E-state index is 11.6. The predicted molar refractivity (Wildman–Crippen MR) is 76.1 cm³/mol. The van der Waals surface area contributed by atoms with Gasteiger partial charge in [0.2, 0.25) is 0 Å². The van der Waals surface area contributed by atoms with Gasteiger partial charge in [0, 0.05) is 5.33 Å². The molecule has 0 aliphatic carbocycles. The molecule has 1 aromatic carbocycles. The van der Waals surface area contributed by atoms with Crippen LogP contribution in [0.25, 0.3) is 0 Å². The molecule has 0 spiro atoms. The molecule has 1 aromatic rings. The number of benzene rings is 1. The number of rotatable bonds is 7. The number of esters is 1. The molecule has 0 amide bonds. The van der Waals surface area contributed by atoms with Crippen LogP contribution in [0.4, 0.5) is 0 Å². The Balaban J connectivity index is 2.88. The van der Waals surface area contributed by atoms with Crippen LogP contribution in [0, 0.1) is 0 Å². The smallest absolute Gasteiger partial charge is 0.309 e. The molecule has 5 heteroatoms. The Morgan fingerprint density at radius 1 is 1.32 bits per heavy atom. The van der Waals surface area contributed by atoms with Crippen molar-refractivity contribution >= 4 is 27.7 Å². The Bertz CT molecular complexity index is 457. The standard InChI is InChI=1S/C14H17BrO4/c1-10(16)12-8-11(9-14(17)18-2)4-5-13(12)19-7-3-6-15/h4-5,8H,3,6-7,9H2,1-2H3. The first-order valence-electron chi connectivity index (χ1n) is 5.98. The van der Waals surface area contributed by atoms with E-state index in [4.69, 9.17) is 4.74 Å². The molecule has 0 bridgehead atoms. The van der Waals surface area contributed by atoms with Crippen LogP contribution in [0.2, 0.25) is 0 Å². The number of methoxy groups -OCH3 is 1. The van der Waals surface area contributed by atoms with E-state index in [0.29, 0.717) is 17.9 Å². The summed E-state index contributed by atoms with van der Waals surface area (Å²) >= 11 is 3.32. The molecule has 0 heterocycles. The molecule has 1 rings (SSSR count). The fourth-order valence-electron chi connectivity index (χ4n) is 1.56. The quantitative estimate of drug-likeness (QED) is 0.334. The Hall–Kier alpha value is -1.36. The third-order valence-electron chi connectivity index (χ3n) is 2.53. The molecule has 0 aliphatic heterocycles. The minimum Gasteiger partial charge on any atom is -0.493 e. The lowest BCUT2D eigenvalue weighted by Crippen LogP contribution is -2.07. The zero-order chi connectivity index (χ0) is 14.3. The molecule has 4 nitrogen and oxygen atoms in total. The molecule has 0 N–H and O–H groups in total. The third kappa shape index (κ3) is 5.03. The molecular weight excluding hydrogens is 312 g/mol. The number of alkyl halides is 1.